The fourth-order valence-electron chi connectivity index (χ4n) is 3.66. The number of aromatic nitrogens is 3. The molecule has 0 spiro atoms. The number of carbonyl (C=O) groups excluding carboxylic acids is 1. The third-order valence-corrected chi connectivity index (χ3v) is 5.41. The first-order valence-corrected chi connectivity index (χ1v) is 9.96. The molecular formula is C21H21ClN4O3. The largest absolute Gasteiger partial charge is 0.443 e. The molecule has 1 saturated heterocycles. The van der Waals surface area contributed by atoms with Gasteiger partial charge < -0.3 is 14.3 Å². The average molecular weight is 413 g/mol. The molecular weight excluding hydrogens is 392 g/mol. The van der Waals surface area contributed by atoms with Crippen LogP contribution in [0.15, 0.2) is 45.7 Å². The van der Waals surface area contributed by atoms with Crippen LogP contribution in [0.25, 0.3) is 0 Å². The fourth-order valence-corrected chi connectivity index (χ4v) is 3.86. The maximum atomic E-state index is 13.1. The van der Waals surface area contributed by atoms with Crippen LogP contribution >= 0.6 is 11.6 Å². The van der Waals surface area contributed by atoms with E-state index in [4.69, 9.17) is 16.0 Å². The molecule has 2 aromatic heterocycles. The van der Waals surface area contributed by atoms with Gasteiger partial charge in [-0.05, 0) is 43.9 Å². The molecule has 1 amide bonds. The minimum atomic E-state index is -0.528. The standard InChI is InChI=1S/C21H21ClN4O3/c1-13-10-17(25-21(28)24-13)20(27)26-9-5-4-8-18(26)19-23-12-15(29-19)11-14-6-2-3-7-16(14)22/h2-3,6-7,10,12,18H,4-5,8-9,11H2,1H3,(H,24,25,28). The van der Waals surface area contributed by atoms with Crippen LogP contribution in [0.3, 0.4) is 0 Å². The monoisotopic (exact) mass is 412 g/mol. The number of piperidine rings is 1. The van der Waals surface area contributed by atoms with Crippen LogP contribution in [0.5, 0.6) is 0 Å². The Balaban J connectivity index is 1.58. The molecule has 8 heteroatoms. The number of oxazole rings is 1. The normalized spacial score (nSPS) is 16.8. The number of aromatic amines is 1. The number of H-pyrrole nitrogens is 1. The molecule has 0 bridgehead atoms. The van der Waals surface area contributed by atoms with Crippen LogP contribution in [0.2, 0.25) is 5.02 Å². The van der Waals surface area contributed by atoms with Gasteiger partial charge in [0.15, 0.2) is 0 Å². The van der Waals surface area contributed by atoms with Crippen LogP contribution in [-0.2, 0) is 6.42 Å². The first-order valence-electron chi connectivity index (χ1n) is 9.58. The van der Waals surface area contributed by atoms with Crippen LogP contribution in [0.1, 0.15) is 58.7 Å². The van der Waals surface area contributed by atoms with E-state index in [1.54, 1.807) is 24.1 Å². The second-order valence-electron chi connectivity index (χ2n) is 7.20. The van der Waals surface area contributed by atoms with E-state index >= 15 is 0 Å². The van der Waals surface area contributed by atoms with E-state index in [9.17, 15) is 9.59 Å². The van der Waals surface area contributed by atoms with Gasteiger partial charge in [-0.15, -0.1) is 0 Å². The number of halogens is 1. The highest BCUT2D eigenvalue weighted by Gasteiger charge is 2.32. The number of rotatable bonds is 4. The molecule has 3 heterocycles. The summed E-state index contributed by atoms with van der Waals surface area (Å²) >= 11 is 6.24. The molecule has 1 aliphatic heterocycles. The van der Waals surface area contributed by atoms with Gasteiger partial charge in [0.2, 0.25) is 5.89 Å². The molecule has 29 heavy (non-hydrogen) atoms. The number of likely N-dealkylation sites (tertiary alicyclic amines) is 1. The van der Waals surface area contributed by atoms with Gasteiger partial charge in [0, 0.05) is 23.7 Å². The molecule has 0 saturated carbocycles. The van der Waals surface area contributed by atoms with E-state index in [0.29, 0.717) is 35.3 Å². The Hall–Kier alpha value is -2.93. The molecule has 1 aromatic carbocycles. The zero-order valence-electron chi connectivity index (χ0n) is 16.0. The summed E-state index contributed by atoms with van der Waals surface area (Å²) in [4.78, 5) is 37.3. The van der Waals surface area contributed by atoms with Gasteiger partial charge in [0.05, 0.1) is 6.20 Å². The minimum Gasteiger partial charge on any atom is -0.443 e. The van der Waals surface area contributed by atoms with Crippen molar-refractivity contribution in [3.8, 4) is 0 Å². The first-order chi connectivity index (χ1) is 14.0. The van der Waals surface area contributed by atoms with Gasteiger partial charge in [-0.25, -0.2) is 9.78 Å². The lowest BCUT2D eigenvalue weighted by molar-refractivity contribution is 0.0563. The van der Waals surface area contributed by atoms with E-state index in [0.717, 1.165) is 24.8 Å². The van der Waals surface area contributed by atoms with Gasteiger partial charge in [-0.2, -0.15) is 4.98 Å². The SMILES string of the molecule is Cc1cc(C(=O)N2CCCCC2c2ncc(Cc3ccccc3Cl)o2)nc(=O)[nH]1. The topological polar surface area (TPSA) is 92.1 Å². The number of amides is 1. The molecule has 3 aromatic rings. The van der Waals surface area contributed by atoms with Crippen molar-refractivity contribution in [3.63, 3.8) is 0 Å². The van der Waals surface area contributed by atoms with Crippen LogP contribution < -0.4 is 5.69 Å². The number of aryl methyl sites for hydroxylation is 1. The van der Waals surface area contributed by atoms with Crippen molar-refractivity contribution in [2.45, 2.75) is 38.6 Å². The molecule has 0 aliphatic carbocycles. The van der Waals surface area contributed by atoms with E-state index in [2.05, 4.69) is 15.0 Å². The van der Waals surface area contributed by atoms with Crippen molar-refractivity contribution in [3.05, 3.63) is 80.6 Å². The average Bonchev–Trinajstić information content (AvgIpc) is 3.17. The number of hydrogen-bond acceptors (Lipinski definition) is 5. The van der Waals surface area contributed by atoms with Crippen molar-refractivity contribution >= 4 is 17.5 Å². The van der Waals surface area contributed by atoms with Gasteiger partial charge >= 0.3 is 5.69 Å². The molecule has 4 rings (SSSR count). The minimum absolute atomic E-state index is 0.140. The molecule has 1 atom stereocenters. The van der Waals surface area contributed by atoms with E-state index in [-0.39, 0.29) is 17.6 Å². The lowest BCUT2D eigenvalue weighted by Gasteiger charge is -2.33. The Labute approximate surface area is 172 Å². The van der Waals surface area contributed by atoms with Gasteiger partial charge in [-0.1, -0.05) is 29.8 Å². The van der Waals surface area contributed by atoms with Crippen molar-refractivity contribution in [1.29, 1.82) is 0 Å². The molecule has 7 nitrogen and oxygen atoms in total. The second kappa shape index (κ2) is 8.21. The van der Waals surface area contributed by atoms with Gasteiger partial charge in [-0.3, -0.25) is 4.79 Å². The second-order valence-corrected chi connectivity index (χ2v) is 7.60. The Kier molecular flexibility index (Phi) is 5.49. The summed E-state index contributed by atoms with van der Waals surface area (Å²) in [5, 5.41) is 0.677. The number of nitrogens with one attached hydrogen (secondary N) is 1. The lowest BCUT2D eigenvalue weighted by atomic mass is 10.0. The molecule has 1 N–H and O–H groups in total. The molecule has 1 fully saturated rings. The third-order valence-electron chi connectivity index (χ3n) is 5.04. The van der Waals surface area contributed by atoms with Crippen molar-refractivity contribution < 1.29 is 9.21 Å². The Bertz CT molecular complexity index is 1090. The highest BCUT2D eigenvalue weighted by molar-refractivity contribution is 6.31. The predicted octanol–water partition coefficient (Wildman–Crippen LogP) is 3.68. The van der Waals surface area contributed by atoms with Gasteiger partial charge in [0.25, 0.3) is 5.91 Å². The highest BCUT2D eigenvalue weighted by Crippen LogP contribution is 2.32. The predicted molar refractivity (Wildman–Crippen MR) is 108 cm³/mol. The van der Waals surface area contributed by atoms with Crippen molar-refractivity contribution in [2.24, 2.45) is 0 Å². The molecule has 1 unspecified atom stereocenters. The smallest absolute Gasteiger partial charge is 0.345 e. The third kappa shape index (κ3) is 4.24. The van der Waals surface area contributed by atoms with E-state index in [1.807, 2.05) is 24.3 Å². The van der Waals surface area contributed by atoms with Gasteiger partial charge in [0.1, 0.15) is 17.5 Å². The zero-order chi connectivity index (χ0) is 20.4. The summed E-state index contributed by atoms with van der Waals surface area (Å²) in [7, 11) is 0. The summed E-state index contributed by atoms with van der Waals surface area (Å²) in [5.74, 6) is 0.910. The highest BCUT2D eigenvalue weighted by atomic mass is 35.5. The van der Waals surface area contributed by atoms with Crippen LogP contribution in [0.4, 0.5) is 0 Å². The lowest BCUT2D eigenvalue weighted by Crippen LogP contribution is -2.39. The van der Waals surface area contributed by atoms with E-state index in [1.165, 1.54) is 0 Å². The maximum Gasteiger partial charge on any atom is 0.345 e. The first kappa shape index (κ1) is 19.4. The van der Waals surface area contributed by atoms with Crippen LogP contribution in [0, 0.1) is 6.92 Å². The Morgan fingerprint density at radius 1 is 1.34 bits per heavy atom. The summed E-state index contributed by atoms with van der Waals surface area (Å²) < 4.78 is 5.99. The fraction of sp³-hybridized carbons (Fsp3) is 0.333. The van der Waals surface area contributed by atoms with E-state index < -0.39 is 5.69 Å². The van der Waals surface area contributed by atoms with Crippen molar-refractivity contribution in [2.75, 3.05) is 6.54 Å². The quantitative estimate of drug-likeness (QED) is 0.705. The summed E-state index contributed by atoms with van der Waals surface area (Å²) in [5.41, 5.74) is 1.16. The Morgan fingerprint density at radius 2 is 2.17 bits per heavy atom. The number of carbonyl (C=O) groups is 1. The zero-order valence-corrected chi connectivity index (χ0v) is 16.8. The summed E-state index contributed by atoms with van der Waals surface area (Å²) in [6.07, 6.45) is 4.82. The molecule has 150 valence electrons. The van der Waals surface area contributed by atoms with Crippen molar-refractivity contribution in [1.82, 2.24) is 19.9 Å². The molecule has 0 radical (unpaired) electrons. The summed E-state index contributed by atoms with van der Waals surface area (Å²) in [6.45, 7) is 2.29. The number of benzene rings is 1. The maximum absolute atomic E-state index is 13.1. The Morgan fingerprint density at radius 3 is 2.97 bits per heavy atom. The molecule has 1 aliphatic rings. The summed E-state index contributed by atoms with van der Waals surface area (Å²) in [6, 6.07) is 8.91. The number of nitrogens with zero attached hydrogens (tertiary/aromatic N) is 3. The van der Waals surface area contributed by atoms with Crippen LogP contribution in [-0.4, -0.2) is 32.3 Å². The number of hydrogen-bond donors (Lipinski definition) is 1.